The molecule has 1 aromatic rings. The molecule has 0 bridgehead atoms. The van der Waals surface area contributed by atoms with E-state index in [1.54, 1.807) is 10.9 Å². The molecule has 1 atom stereocenters. The maximum atomic E-state index is 12.1. The van der Waals surface area contributed by atoms with Gasteiger partial charge in [-0.3, -0.25) is 4.79 Å². The molecule has 102 valence electrons. The lowest BCUT2D eigenvalue weighted by Crippen LogP contribution is -2.36. The van der Waals surface area contributed by atoms with Gasteiger partial charge < -0.3 is 10.6 Å². The Morgan fingerprint density at radius 1 is 1.56 bits per heavy atom. The smallest absolute Gasteiger partial charge is 0.244 e. The number of rotatable bonds is 7. The van der Waals surface area contributed by atoms with Crippen molar-refractivity contribution in [2.24, 2.45) is 11.7 Å². The third-order valence-corrected chi connectivity index (χ3v) is 3.06. The molecule has 0 radical (unpaired) electrons. The highest BCUT2D eigenvalue weighted by Gasteiger charge is 2.15. The van der Waals surface area contributed by atoms with Gasteiger partial charge >= 0.3 is 0 Å². The molecule has 0 aliphatic heterocycles. The molecule has 1 heterocycles. The zero-order valence-corrected chi connectivity index (χ0v) is 11.5. The Kier molecular flexibility index (Phi) is 5.77. The molecule has 1 unspecified atom stereocenters. The summed E-state index contributed by atoms with van der Waals surface area (Å²) in [5.41, 5.74) is 6.15. The number of aromatic nitrogens is 3. The van der Waals surface area contributed by atoms with Crippen LogP contribution in [0.5, 0.6) is 0 Å². The quantitative estimate of drug-likeness (QED) is 0.773. The van der Waals surface area contributed by atoms with Crippen molar-refractivity contribution in [3.8, 4) is 0 Å². The second-order valence-electron chi connectivity index (χ2n) is 4.56. The SMILES string of the molecule is CCC(C)CN(CC)C(=O)Cn1cc(CN)nn1. The molecule has 0 spiro atoms. The maximum absolute atomic E-state index is 12.1. The molecule has 0 saturated heterocycles. The lowest BCUT2D eigenvalue weighted by molar-refractivity contribution is -0.132. The number of likely N-dealkylation sites (N-methyl/N-ethyl adjacent to an activating group) is 1. The van der Waals surface area contributed by atoms with Crippen molar-refractivity contribution in [2.45, 2.75) is 40.3 Å². The van der Waals surface area contributed by atoms with Crippen molar-refractivity contribution in [3.63, 3.8) is 0 Å². The predicted octanol–water partition coefficient (Wildman–Crippen LogP) is 0.631. The van der Waals surface area contributed by atoms with Crippen LogP contribution in [-0.4, -0.2) is 38.9 Å². The Morgan fingerprint density at radius 2 is 2.28 bits per heavy atom. The number of nitrogens with two attached hydrogens (primary N) is 1. The summed E-state index contributed by atoms with van der Waals surface area (Å²) in [5.74, 6) is 0.593. The van der Waals surface area contributed by atoms with Crippen LogP contribution in [0.4, 0.5) is 0 Å². The lowest BCUT2D eigenvalue weighted by atomic mass is 10.1. The van der Waals surface area contributed by atoms with Crippen LogP contribution < -0.4 is 5.73 Å². The number of carbonyl (C=O) groups excluding carboxylic acids is 1. The van der Waals surface area contributed by atoms with Crippen molar-refractivity contribution in [1.29, 1.82) is 0 Å². The molecule has 1 rings (SSSR count). The average molecular weight is 253 g/mol. The van der Waals surface area contributed by atoms with Gasteiger partial charge in [0.25, 0.3) is 0 Å². The highest BCUT2D eigenvalue weighted by atomic mass is 16.2. The molecule has 0 fully saturated rings. The predicted molar refractivity (Wildman–Crippen MR) is 69.6 cm³/mol. The van der Waals surface area contributed by atoms with Gasteiger partial charge in [0.15, 0.2) is 0 Å². The van der Waals surface area contributed by atoms with Crippen LogP contribution >= 0.6 is 0 Å². The number of amides is 1. The first-order chi connectivity index (χ1) is 8.60. The molecular weight excluding hydrogens is 230 g/mol. The standard InChI is InChI=1S/C12H23N5O/c1-4-10(3)7-16(5-2)12(18)9-17-8-11(6-13)14-15-17/h8,10H,4-7,9,13H2,1-3H3. The molecule has 1 aromatic heterocycles. The van der Waals surface area contributed by atoms with Crippen LogP contribution in [0.15, 0.2) is 6.20 Å². The molecule has 0 aliphatic carbocycles. The Labute approximate surface area is 108 Å². The first kappa shape index (κ1) is 14.6. The van der Waals surface area contributed by atoms with Gasteiger partial charge in [-0.2, -0.15) is 0 Å². The van der Waals surface area contributed by atoms with Gasteiger partial charge in [-0.15, -0.1) is 5.10 Å². The highest BCUT2D eigenvalue weighted by molar-refractivity contribution is 5.75. The van der Waals surface area contributed by atoms with Crippen LogP contribution in [0, 0.1) is 5.92 Å². The zero-order valence-electron chi connectivity index (χ0n) is 11.5. The fraction of sp³-hybridized carbons (Fsp3) is 0.750. The van der Waals surface area contributed by atoms with Crippen LogP contribution in [0.3, 0.4) is 0 Å². The maximum Gasteiger partial charge on any atom is 0.244 e. The van der Waals surface area contributed by atoms with Gasteiger partial charge in [-0.1, -0.05) is 25.5 Å². The average Bonchev–Trinajstić information content (AvgIpc) is 2.82. The number of carbonyl (C=O) groups is 1. The molecule has 1 amide bonds. The van der Waals surface area contributed by atoms with Crippen molar-refractivity contribution >= 4 is 5.91 Å². The van der Waals surface area contributed by atoms with Gasteiger partial charge in [0.05, 0.1) is 11.9 Å². The fourth-order valence-corrected chi connectivity index (χ4v) is 1.66. The van der Waals surface area contributed by atoms with E-state index in [1.165, 1.54) is 0 Å². The summed E-state index contributed by atoms with van der Waals surface area (Å²) in [6.07, 6.45) is 2.79. The van der Waals surface area contributed by atoms with E-state index in [0.717, 1.165) is 19.5 Å². The third-order valence-electron chi connectivity index (χ3n) is 3.06. The number of nitrogens with zero attached hydrogens (tertiary/aromatic N) is 4. The summed E-state index contributed by atoms with van der Waals surface area (Å²) in [6.45, 7) is 8.38. The topological polar surface area (TPSA) is 77.0 Å². The Morgan fingerprint density at radius 3 is 2.78 bits per heavy atom. The third kappa shape index (κ3) is 4.10. The van der Waals surface area contributed by atoms with E-state index >= 15 is 0 Å². The molecular formula is C12H23N5O. The molecule has 0 saturated carbocycles. The van der Waals surface area contributed by atoms with E-state index in [-0.39, 0.29) is 12.5 Å². The van der Waals surface area contributed by atoms with Crippen molar-refractivity contribution in [1.82, 2.24) is 19.9 Å². The van der Waals surface area contributed by atoms with Crippen LogP contribution in [0.1, 0.15) is 32.9 Å². The summed E-state index contributed by atoms with van der Waals surface area (Å²) in [5, 5.41) is 7.75. The number of hydrogen-bond acceptors (Lipinski definition) is 4. The first-order valence-electron chi connectivity index (χ1n) is 6.47. The van der Waals surface area contributed by atoms with Crippen LogP contribution in [-0.2, 0) is 17.9 Å². The highest BCUT2D eigenvalue weighted by Crippen LogP contribution is 2.05. The van der Waals surface area contributed by atoms with E-state index < -0.39 is 0 Å². The minimum absolute atomic E-state index is 0.0753. The first-order valence-corrected chi connectivity index (χ1v) is 6.47. The Hall–Kier alpha value is -1.43. The van der Waals surface area contributed by atoms with Gasteiger partial charge in [-0.25, -0.2) is 4.68 Å². The summed E-state index contributed by atoms with van der Waals surface area (Å²) in [6, 6.07) is 0. The van der Waals surface area contributed by atoms with E-state index in [9.17, 15) is 4.79 Å². The molecule has 6 heteroatoms. The molecule has 6 nitrogen and oxygen atoms in total. The summed E-state index contributed by atoms with van der Waals surface area (Å²) < 4.78 is 1.55. The van der Waals surface area contributed by atoms with E-state index in [1.807, 2.05) is 11.8 Å². The van der Waals surface area contributed by atoms with Gasteiger partial charge in [0.2, 0.25) is 5.91 Å². The second kappa shape index (κ2) is 7.10. The van der Waals surface area contributed by atoms with Crippen molar-refractivity contribution in [2.75, 3.05) is 13.1 Å². The van der Waals surface area contributed by atoms with Gasteiger partial charge in [-0.05, 0) is 12.8 Å². The zero-order chi connectivity index (χ0) is 13.5. The summed E-state index contributed by atoms with van der Waals surface area (Å²) >= 11 is 0. The molecule has 18 heavy (non-hydrogen) atoms. The van der Waals surface area contributed by atoms with Gasteiger partial charge in [0, 0.05) is 19.6 Å². The van der Waals surface area contributed by atoms with Gasteiger partial charge in [0.1, 0.15) is 6.54 Å². The van der Waals surface area contributed by atoms with E-state index in [2.05, 4.69) is 24.2 Å². The lowest BCUT2D eigenvalue weighted by Gasteiger charge is -2.23. The Bertz CT molecular complexity index is 376. The molecule has 2 N–H and O–H groups in total. The summed E-state index contributed by atoms with van der Waals surface area (Å²) in [4.78, 5) is 14.0. The molecule has 0 aromatic carbocycles. The number of hydrogen-bond donors (Lipinski definition) is 1. The van der Waals surface area contributed by atoms with Crippen molar-refractivity contribution < 1.29 is 4.79 Å². The second-order valence-corrected chi connectivity index (χ2v) is 4.56. The largest absolute Gasteiger partial charge is 0.341 e. The normalized spacial score (nSPS) is 12.4. The Balaban J connectivity index is 2.56. The van der Waals surface area contributed by atoms with E-state index in [0.29, 0.717) is 18.2 Å². The minimum atomic E-state index is 0.0753. The summed E-state index contributed by atoms with van der Waals surface area (Å²) in [7, 11) is 0. The van der Waals surface area contributed by atoms with Crippen molar-refractivity contribution in [3.05, 3.63) is 11.9 Å². The fourth-order valence-electron chi connectivity index (χ4n) is 1.66. The van der Waals surface area contributed by atoms with Crippen LogP contribution in [0.25, 0.3) is 0 Å². The van der Waals surface area contributed by atoms with E-state index in [4.69, 9.17) is 5.73 Å². The van der Waals surface area contributed by atoms with Crippen LogP contribution in [0.2, 0.25) is 0 Å². The minimum Gasteiger partial charge on any atom is -0.341 e. The monoisotopic (exact) mass is 253 g/mol. The molecule has 0 aliphatic rings.